The highest BCUT2D eigenvalue weighted by Gasteiger charge is 2.20. The quantitative estimate of drug-likeness (QED) is 0.885. The van der Waals surface area contributed by atoms with Gasteiger partial charge in [0.2, 0.25) is 0 Å². The number of aryl methyl sites for hydroxylation is 1. The molecule has 3 rings (SSSR count). The van der Waals surface area contributed by atoms with E-state index in [-0.39, 0.29) is 11.6 Å². The highest BCUT2D eigenvalue weighted by atomic mass is 19.1. The smallest absolute Gasteiger partial charge is 0.130 e. The van der Waals surface area contributed by atoms with E-state index in [2.05, 4.69) is 5.32 Å². The lowest BCUT2D eigenvalue weighted by atomic mass is 10.2. The summed E-state index contributed by atoms with van der Waals surface area (Å²) in [6.45, 7) is 2.29. The van der Waals surface area contributed by atoms with Gasteiger partial charge in [0.15, 0.2) is 0 Å². The zero-order valence-electron chi connectivity index (χ0n) is 11.8. The molecule has 21 heavy (non-hydrogen) atoms. The monoisotopic (exact) mass is 289 g/mol. The largest absolute Gasteiger partial charge is 0.457 e. The second kappa shape index (κ2) is 5.82. The summed E-state index contributed by atoms with van der Waals surface area (Å²) in [4.78, 5) is 0. The Morgan fingerprint density at radius 3 is 2.62 bits per heavy atom. The lowest BCUT2D eigenvalue weighted by Gasteiger charge is -2.10. The van der Waals surface area contributed by atoms with Crippen LogP contribution in [0.1, 0.15) is 24.0 Å². The van der Waals surface area contributed by atoms with E-state index in [9.17, 15) is 8.78 Å². The van der Waals surface area contributed by atoms with Crippen molar-refractivity contribution in [3.63, 3.8) is 0 Å². The van der Waals surface area contributed by atoms with Crippen LogP contribution in [0.2, 0.25) is 0 Å². The molecule has 1 aliphatic carbocycles. The number of rotatable bonds is 5. The van der Waals surface area contributed by atoms with Gasteiger partial charge in [0.1, 0.15) is 23.1 Å². The summed E-state index contributed by atoms with van der Waals surface area (Å²) in [5.74, 6) is 0.309. The molecule has 0 amide bonds. The standard InChI is InChI=1S/C17H17F2NO/c1-11-6-15(4-5-17(11)19)21-16-8-12(7-13(18)9-16)10-20-14-2-3-14/h4-9,14,20H,2-3,10H2,1H3. The minimum Gasteiger partial charge on any atom is -0.457 e. The van der Waals surface area contributed by atoms with Crippen molar-refractivity contribution in [3.8, 4) is 11.5 Å². The topological polar surface area (TPSA) is 21.3 Å². The molecule has 2 aromatic carbocycles. The number of ether oxygens (including phenoxy) is 1. The first-order valence-corrected chi connectivity index (χ1v) is 7.07. The third-order valence-corrected chi connectivity index (χ3v) is 3.47. The van der Waals surface area contributed by atoms with Crippen molar-refractivity contribution in [2.24, 2.45) is 0 Å². The molecular weight excluding hydrogens is 272 g/mol. The average Bonchev–Trinajstić information content (AvgIpc) is 3.24. The molecule has 0 saturated heterocycles. The van der Waals surface area contributed by atoms with Gasteiger partial charge < -0.3 is 10.1 Å². The third kappa shape index (κ3) is 3.79. The molecule has 0 aliphatic heterocycles. The van der Waals surface area contributed by atoms with E-state index >= 15 is 0 Å². The van der Waals surface area contributed by atoms with E-state index in [1.807, 2.05) is 0 Å². The van der Waals surface area contributed by atoms with Gasteiger partial charge in [0.05, 0.1) is 0 Å². The van der Waals surface area contributed by atoms with Crippen molar-refractivity contribution in [2.75, 3.05) is 0 Å². The van der Waals surface area contributed by atoms with Gasteiger partial charge in [-0.2, -0.15) is 0 Å². The van der Waals surface area contributed by atoms with Crippen LogP contribution in [0, 0.1) is 18.6 Å². The summed E-state index contributed by atoms with van der Waals surface area (Å²) in [5.41, 5.74) is 1.34. The lowest BCUT2D eigenvalue weighted by molar-refractivity contribution is 0.472. The van der Waals surface area contributed by atoms with Gasteiger partial charge in [-0.1, -0.05) is 0 Å². The van der Waals surface area contributed by atoms with Gasteiger partial charge >= 0.3 is 0 Å². The molecule has 0 atom stereocenters. The van der Waals surface area contributed by atoms with Crippen LogP contribution in [-0.4, -0.2) is 6.04 Å². The zero-order chi connectivity index (χ0) is 14.8. The molecule has 1 fully saturated rings. The van der Waals surface area contributed by atoms with E-state index in [0.717, 1.165) is 5.56 Å². The summed E-state index contributed by atoms with van der Waals surface area (Å²) in [7, 11) is 0. The highest BCUT2D eigenvalue weighted by molar-refractivity contribution is 5.36. The molecule has 0 radical (unpaired) electrons. The summed E-state index contributed by atoms with van der Waals surface area (Å²) < 4.78 is 32.5. The maximum atomic E-state index is 13.6. The van der Waals surface area contributed by atoms with Crippen LogP contribution in [0.15, 0.2) is 36.4 Å². The molecule has 2 nitrogen and oxygen atoms in total. The van der Waals surface area contributed by atoms with Crippen LogP contribution < -0.4 is 10.1 Å². The van der Waals surface area contributed by atoms with Gasteiger partial charge in [-0.15, -0.1) is 0 Å². The number of hydrogen-bond donors (Lipinski definition) is 1. The first-order valence-electron chi connectivity index (χ1n) is 7.07. The van der Waals surface area contributed by atoms with Crippen LogP contribution in [0.4, 0.5) is 8.78 Å². The number of halogens is 2. The SMILES string of the molecule is Cc1cc(Oc2cc(F)cc(CNC3CC3)c2)ccc1F. The predicted octanol–water partition coefficient (Wildman–Crippen LogP) is 4.32. The zero-order valence-corrected chi connectivity index (χ0v) is 11.8. The van der Waals surface area contributed by atoms with Crippen LogP contribution in [0.3, 0.4) is 0 Å². The first kappa shape index (κ1) is 14.0. The summed E-state index contributed by atoms with van der Waals surface area (Å²) in [5, 5.41) is 3.34. The average molecular weight is 289 g/mol. The highest BCUT2D eigenvalue weighted by Crippen LogP contribution is 2.26. The van der Waals surface area contributed by atoms with Gasteiger partial charge in [0.25, 0.3) is 0 Å². The molecule has 4 heteroatoms. The van der Waals surface area contributed by atoms with Crippen molar-refractivity contribution in [2.45, 2.75) is 32.4 Å². The molecule has 0 heterocycles. The molecule has 0 bridgehead atoms. The second-order valence-corrected chi connectivity index (χ2v) is 5.46. The summed E-state index contributed by atoms with van der Waals surface area (Å²) in [6.07, 6.45) is 2.38. The fourth-order valence-electron chi connectivity index (χ4n) is 2.15. The fourth-order valence-corrected chi connectivity index (χ4v) is 2.15. The van der Waals surface area contributed by atoms with Crippen LogP contribution in [0.25, 0.3) is 0 Å². The van der Waals surface area contributed by atoms with Gasteiger partial charge in [-0.25, -0.2) is 8.78 Å². The van der Waals surface area contributed by atoms with E-state index < -0.39 is 0 Å². The summed E-state index contributed by atoms with van der Waals surface area (Å²) in [6, 6.07) is 9.68. The van der Waals surface area contributed by atoms with Gasteiger partial charge in [0, 0.05) is 18.7 Å². The van der Waals surface area contributed by atoms with Crippen molar-refractivity contribution in [3.05, 3.63) is 59.2 Å². The fraction of sp³-hybridized carbons (Fsp3) is 0.294. The Bertz CT molecular complexity index is 653. The molecule has 110 valence electrons. The lowest BCUT2D eigenvalue weighted by Crippen LogP contribution is -2.15. The molecule has 0 aromatic heterocycles. The van der Waals surface area contributed by atoms with Crippen LogP contribution >= 0.6 is 0 Å². The Hall–Kier alpha value is -1.94. The number of hydrogen-bond acceptors (Lipinski definition) is 2. The summed E-state index contributed by atoms with van der Waals surface area (Å²) >= 11 is 0. The molecule has 2 aromatic rings. The third-order valence-electron chi connectivity index (χ3n) is 3.47. The Morgan fingerprint density at radius 2 is 1.90 bits per heavy atom. The van der Waals surface area contributed by atoms with E-state index in [0.29, 0.717) is 29.6 Å². The van der Waals surface area contributed by atoms with E-state index in [1.165, 1.54) is 37.1 Å². The predicted molar refractivity (Wildman–Crippen MR) is 77.5 cm³/mol. The van der Waals surface area contributed by atoms with Crippen molar-refractivity contribution in [1.29, 1.82) is 0 Å². The maximum absolute atomic E-state index is 13.6. The molecular formula is C17H17F2NO. The van der Waals surface area contributed by atoms with Crippen molar-refractivity contribution < 1.29 is 13.5 Å². The number of nitrogens with one attached hydrogen (secondary N) is 1. The van der Waals surface area contributed by atoms with E-state index in [1.54, 1.807) is 19.1 Å². The Morgan fingerprint density at radius 1 is 1.10 bits per heavy atom. The number of benzene rings is 2. The Balaban J connectivity index is 1.75. The minimum absolute atomic E-state index is 0.282. The normalized spacial score (nSPS) is 14.2. The van der Waals surface area contributed by atoms with Crippen LogP contribution in [0.5, 0.6) is 11.5 Å². The minimum atomic E-state index is -0.334. The van der Waals surface area contributed by atoms with Gasteiger partial charge in [-0.05, 0) is 61.2 Å². The molecule has 1 N–H and O–H groups in total. The van der Waals surface area contributed by atoms with E-state index in [4.69, 9.17) is 4.74 Å². The molecule has 1 saturated carbocycles. The Labute approximate surface area is 122 Å². The van der Waals surface area contributed by atoms with Crippen molar-refractivity contribution >= 4 is 0 Å². The Kier molecular flexibility index (Phi) is 3.88. The van der Waals surface area contributed by atoms with Crippen molar-refractivity contribution in [1.82, 2.24) is 5.32 Å². The molecule has 0 spiro atoms. The van der Waals surface area contributed by atoms with Gasteiger partial charge in [-0.3, -0.25) is 0 Å². The first-order chi connectivity index (χ1) is 10.1. The maximum Gasteiger partial charge on any atom is 0.130 e. The molecule has 0 unspecified atom stereocenters. The second-order valence-electron chi connectivity index (χ2n) is 5.46. The molecule has 1 aliphatic rings. The van der Waals surface area contributed by atoms with Crippen LogP contribution in [-0.2, 0) is 6.54 Å².